The molecule has 0 atom stereocenters. The quantitative estimate of drug-likeness (QED) is 0.788. The molecule has 3 rings (SSSR count). The van der Waals surface area contributed by atoms with E-state index in [1.165, 1.54) is 0 Å². The predicted octanol–water partition coefficient (Wildman–Crippen LogP) is 1.05. The summed E-state index contributed by atoms with van der Waals surface area (Å²) in [6, 6.07) is 2.34. The van der Waals surface area contributed by atoms with Gasteiger partial charge in [0.15, 0.2) is 0 Å². The third-order valence-corrected chi connectivity index (χ3v) is 4.73. The van der Waals surface area contributed by atoms with Gasteiger partial charge in [-0.2, -0.15) is 0 Å². The van der Waals surface area contributed by atoms with Gasteiger partial charge in [0.25, 0.3) is 0 Å². The molecule has 1 aromatic heterocycles. The van der Waals surface area contributed by atoms with Gasteiger partial charge in [-0.25, -0.2) is 9.97 Å². The van der Waals surface area contributed by atoms with Crippen LogP contribution >= 0.6 is 0 Å². The highest BCUT2D eigenvalue weighted by atomic mass is 16.5. The van der Waals surface area contributed by atoms with Crippen molar-refractivity contribution in [1.29, 1.82) is 0 Å². The Hall–Kier alpha value is -2.51. The highest BCUT2D eigenvalue weighted by Crippen LogP contribution is 2.22. The van der Waals surface area contributed by atoms with E-state index in [-0.39, 0.29) is 49.3 Å². The molecular weight excluding hydrogens is 336 g/mol. The minimum absolute atomic E-state index is 0.0334. The van der Waals surface area contributed by atoms with Crippen molar-refractivity contribution in [3.8, 4) is 6.01 Å². The van der Waals surface area contributed by atoms with Crippen LogP contribution in [0.2, 0.25) is 0 Å². The molecule has 1 aliphatic carbocycles. The molecule has 2 fully saturated rings. The zero-order valence-corrected chi connectivity index (χ0v) is 15.2. The van der Waals surface area contributed by atoms with Crippen LogP contribution in [0.3, 0.4) is 0 Å². The number of likely N-dealkylation sites (tertiary alicyclic amines) is 1. The lowest BCUT2D eigenvalue weighted by Gasteiger charge is -2.29. The van der Waals surface area contributed by atoms with Gasteiger partial charge in [-0.15, -0.1) is 0 Å². The van der Waals surface area contributed by atoms with Gasteiger partial charge in [0, 0.05) is 30.3 Å². The minimum atomic E-state index is -0.282. The first kappa shape index (κ1) is 18.3. The molecule has 1 aromatic rings. The summed E-state index contributed by atoms with van der Waals surface area (Å²) < 4.78 is 5.87. The van der Waals surface area contributed by atoms with Crippen LogP contribution in [0.4, 0.5) is 0 Å². The number of carbonyl (C=O) groups is 3. The van der Waals surface area contributed by atoms with E-state index in [9.17, 15) is 14.4 Å². The summed E-state index contributed by atoms with van der Waals surface area (Å²) in [5, 5.41) is 2.92. The van der Waals surface area contributed by atoms with Crippen LogP contribution in [-0.2, 0) is 14.4 Å². The van der Waals surface area contributed by atoms with Gasteiger partial charge in [-0.3, -0.25) is 19.3 Å². The van der Waals surface area contributed by atoms with E-state index in [0.717, 1.165) is 42.0 Å². The number of imide groups is 1. The van der Waals surface area contributed by atoms with Crippen molar-refractivity contribution in [1.82, 2.24) is 20.2 Å². The molecule has 1 aliphatic heterocycles. The average Bonchev–Trinajstić information content (AvgIpc) is 2.88. The van der Waals surface area contributed by atoms with Gasteiger partial charge in [0.2, 0.25) is 17.7 Å². The summed E-state index contributed by atoms with van der Waals surface area (Å²) in [7, 11) is 0. The maximum atomic E-state index is 12.1. The zero-order valence-electron chi connectivity index (χ0n) is 15.2. The molecule has 2 heterocycles. The van der Waals surface area contributed by atoms with Crippen LogP contribution in [0.15, 0.2) is 6.07 Å². The Kier molecular flexibility index (Phi) is 5.49. The van der Waals surface area contributed by atoms with E-state index in [4.69, 9.17) is 4.74 Å². The molecule has 0 aromatic carbocycles. The fraction of sp³-hybridized carbons (Fsp3) is 0.611. The van der Waals surface area contributed by atoms with E-state index in [1.54, 1.807) is 0 Å². The Morgan fingerprint density at radius 3 is 2.27 bits per heavy atom. The number of aryl methyl sites for hydroxylation is 2. The molecule has 1 saturated heterocycles. The van der Waals surface area contributed by atoms with Crippen LogP contribution in [0, 0.1) is 13.8 Å². The van der Waals surface area contributed by atoms with E-state index in [0.29, 0.717) is 6.01 Å². The van der Waals surface area contributed by atoms with Crippen molar-refractivity contribution in [2.75, 3.05) is 6.54 Å². The van der Waals surface area contributed by atoms with Crippen molar-refractivity contribution < 1.29 is 19.1 Å². The molecule has 2 aliphatic rings. The molecule has 1 saturated carbocycles. The molecule has 3 amide bonds. The third-order valence-electron chi connectivity index (χ3n) is 4.73. The maximum absolute atomic E-state index is 12.1. The van der Waals surface area contributed by atoms with Crippen LogP contribution in [0.25, 0.3) is 0 Å². The maximum Gasteiger partial charge on any atom is 0.317 e. The summed E-state index contributed by atoms with van der Waals surface area (Å²) in [4.78, 5) is 44.9. The van der Waals surface area contributed by atoms with E-state index < -0.39 is 0 Å². The Labute approximate surface area is 152 Å². The van der Waals surface area contributed by atoms with Crippen molar-refractivity contribution in [2.24, 2.45) is 0 Å². The molecule has 0 bridgehead atoms. The lowest BCUT2D eigenvalue weighted by Crippen LogP contribution is -2.45. The van der Waals surface area contributed by atoms with Gasteiger partial charge in [-0.05, 0) is 45.6 Å². The Bertz CT molecular complexity index is 677. The summed E-state index contributed by atoms with van der Waals surface area (Å²) in [6.07, 6.45) is 3.59. The topological polar surface area (TPSA) is 101 Å². The third kappa shape index (κ3) is 4.56. The van der Waals surface area contributed by atoms with Gasteiger partial charge in [-0.1, -0.05) is 0 Å². The van der Waals surface area contributed by atoms with Gasteiger partial charge in [0.05, 0.1) is 0 Å². The summed E-state index contributed by atoms with van der Waals surface area (Å²) in [5.41, 5.74) is 1.75. The highest BCUT2D eigenvalue weighted by Gasteiger charge is 2.31. The van der Waals surface area contributed by atoms with E-state index in [2.05, 4.69) is 15.3 Å². The number of amides is 3. The molecule has 0 radical (unpaired) electrons. The Morgan fingerprint density at radius 1 is 1.12 bits per heavy atom. The van der Waals surface area contributed by atoms with Crippen LogP contribution in [-0.4, -0.2) is 51.3 Å². The van der Waals surface area contributed by atoms with Crippen molar-refractivity contribution in [2.45, 2.75) is 64.5 Å². The SMILES string of the molecule is Cc1cc(C)nc(OC2CCC(NC(=O)CN3C(=O)CCC3=O)CC2)n1. The average molecular weight is 360 g/mol. The predicted molar refractivity (Wildman–Crippen MR) is 92.3 cm³/mol. The van der Waals surface area contributed by atoms with Crippen molar-refractivity contribution in [3.63, 3.8) is 0 Å². The zero-order chi connectivity index (χ0) is 18.7. The molecule has 8 heteroatoms. The second-order valence-electron chi connectivity index (χ2n) is 6.97. The number of nitrogens with zero attached hydrogens (tertiary/aromatic N) is 3. The molecule has 0 spiro atoms. The lowest BCUT2D eigenvalue weighted by molar-refractivity contribution is -0.142. The van der Waals surface area contributed by atoms with Crippen LogP contribution < -0.4 is 10.1 Å². The summed E-state index contributed by atoms with van der Waals surface area (Å²) in [5.74, 6) is -0.818. The molecular formula is C18H24N4O4. The first-order valence-electron chi connectivity index (χ1n) is 9.02. The number of ether oxygens (including phenoxy) is 1. The highest BCUT2D eigenvalue weighted by molar-refractivity contribution is 6.04. The second-order valence-corrected chi connectivity index (χ2v) is 6.97. The van der Waals surface area contributed by atoms with Gasteiger partial charge in [0.1, 0.15) is 12.6 Å². The fourth-order valence-corrected chi connectivity index (χ4v) is 3.44. The number of hydrogen-bond acceptors (Lipinski definition) is 6. The molecule has 0 unspecified atom stereocenters. The fourth-order valence-electron chi connectivity index (χ4n) is 3.44. The number of nitrogens with one attached hydrogen (secondary N) is 1. The molecule has 26 heavy (non-hydrogen) atoms. The number of carbonyl (C=O) groups excluding carboxylic acids is 3. The summed E-state index contributed by atoms with van der Waals surface area (Å²) in [6.45, 7) is 3.64. The Balaban J connectivity index is 1.44. The molecule has 8 nitrogen and oxygen atoms in total. The summed E-state index contributed by atoms with van der Waals surface area (Å²) >= 11 is 0. The first-order valence-corrected chi connectivity index (χ1v) is 9.02. The van der Waals surface area contributed by atoms with Crippen LogP contribution in [0.5, 0.6) is 6.01 Å². The smallest absolute Gasteiger partial charge is 0.317 e. The van der Waals surface area contributed by atoms with Gasteiger partial charge >= 0.3 is 6.01 Å². The number of rotatable bonds is 5. The number of aromatic nitrogens is 2. The standard InChI is InChI=1S/C18H24N4O4/c1-11-9-12(2)20-18(19-11)26-14-5-3-13(4-6-14)21-15(23)10-22-16(24)7-8-17(22)25/h9,13-14H,3-8,10H2,1-2H3,(H,21,23). The molecule has 140 valence electrons. The van der Waals surface area contributed by atoms with Gasteiger partial charge < -0.3 is 10.1 Å². The number of hydrogen-bond donors (Lipinski definition) is 1. The monoisotopic (exact) mass is 360 g/mol. The van der Waals surface area contributed by atoms with Crippen LogP contribution in [0.1, 0.15) is 49.9 Å². The Morgan fingerprint density at radius 2 is 1.69 bits per heavy atom. The van der Waals surface area contributed by atoms with Crippen molar-refractivity contribution >= 4 is 17.7 Å². The minimum Gasteiger partial charge on any atom is -0.460 e. The lowest BCUT2D eigenvalue weighted by atomic mass is 9.93. The largest absolute Gasteiger partial charge is 0.460 e. The van der Waals surface area contributed by atoms with E-state index >= 15 is 0 Å². The van der Waals surface area contributed by atoms with Crippen molar-refractivity contribution in [3.05, 3.63) is 17.5 Å². The van der Waals surface area contributed by atoms with E-state index in [1.807, 2.05) is 19.9 Å². The first-order chi connectivity index (χ1) is 12.4. The molecule has 1 N–H and O–H groups in total. The normalized spacial score (nSPS) is 23.2. The second kappa shape index (κ2) is 7.80.